The van der Waals surface area contributed by atoms with Crippen LogP contribution in [-0.4, -0.2) is 38.9 Å². The standard InChI is InChI=1S/C22H22N2O4S3/c1-28-17-7-4-14(13-20(17)31(26,27)23-15-5-6-15)22(25)24-10-8-18-16(9-12-30-18)21(24)19-3-2-11-29-19/h2-4,7,9,11-13,15,21,23H,5-6,8,10H2,1H3. The van der Waals surface area contributed by atoms with E-state index in [0.717, 1.165) is 29.7 Å². The molecule has 1 unspecified atom stereocenters. The monoisotopic (exact) mass is 474 g/mol. The van der Waals surface area contributed by atoms with Gasteiger partial charge in [0, 0.05) is 27.9 Å². The van der Waals surface area contributed by atoms with Crippen molar-refractivity contribution in [2.45, 2.75) is 36.2 Å². The SMILES string of the molecule is COc1ccc(C(=O)N2CCc3sccc3C2c2cccs2)cc1S(=O)(=O)NC1CC1. The number of fused-ring (bicyclic) bond motifs is 1. The molecule has 2 aromatic heterocycles. The van der Waals surface area contributed by atoms with E-state index in [2.05, 4.69) is 16.2 Å². The summed E-state index contributed by atoms with van der Waals surface area (Å²) in [6.07, 6.45) is 2.46. The lowest BCUT2D eigenvalue weighted by Crippen LogP contribution is -2.39. The number of nitrogens with zero attached hydrogens (tertiary/aromatic N) is 1. The lowest BCUT2D eigenvalue weighted by molar-refractivity contribution is 0.0698. The van der Waals surface area contributed by atoms with Crippen molar-refractivity contribution in [2.24, 2.45) is 0 Å². The van der Waals surface area contributed by atoms with E-state index in [-0.39, 0.29) is 28.6 Å². The van der Waals surface area contributed by atoms with Gasteiger partial charge in [-0.25, -0.2) is 13.1 Å². The van der Waals surface area contributed by atoms with Crippen molar-refractivity contribution in [1.82, 2.24) is 9.62 Å². The Balaban J connectivity index is 1.53. The van der Waals surface area contributed by atoms with Gasteiger partial charge in [-0.15, -0.1) is 22.7 Å². The van der Waals surface area contributed by atoms with Gasteiger partial charge < -0.3 is 9.64 Å². The molecule has 1 aliphatic carbocycles. The maximum atomic E-state index is 13.6. The number of hydrogen-bond donors (Lipinski definition) is 1. The molecule has 9 heteroatoms. The first-order chi connectivity index (χ1) is 15.0. The van der Waals surface area contributed by atoms with Gasteiger partial charge >= 0.3 is 0 Å². The molecule has 31 heavy (non-hydrogen) atoms. The van der Waals surface area contributed by atoms with Crippen molar-refractivity contribution in [3.8, 4) is 5.75 Å². The van der Waals surface area contributed by atoms with Crippen LogP contribution >= 0.6 is 22.7 Å². The molecule has 0 spiro atoms. The summed E-state index contributed by atoms with van der Waals surface area (Å²) in [5.41, 5.74) is 1.50. The first-order valence-electron chi connectivity index (χ1n) is 10.1. The largest absolute Gasteiger partial charge is 0.495 e. The Morgan fingerprint density at radius 1 is 1.16 bits per heavy atom. The smallest absolute Gasteiger partial charge is 0.254 e. The lowest BCUT2D eigenvalue weighted by Gasteiger charge is -2.35. The summed E-state index contributed by atoms with van der Waals surface area (Å²) in [5.74, 6) is 0.0547. The number of carbonyl (C=O) groups excluding carboxylic acids is 1. The molecule has 1 amide bonds. The van der Waals surface area contributed by atoms with Gasteiger partial charge in [0.05, 0.1) is 13.2 Å². The van der Waals surface area contributed by atoms with Gasteiger partial charge in [-0.1, -0.05) is 6.07 Å². The molecule has 3 aromatic rings. The van der Waals surface area contributed by atoms with Gasteiger partial charge in [0.25, 0.3) is 5.91 Å². The molecule has 162 valence electrons. The molecule has 6 nitrogen and oxygen atoms in total. The summed E-state index contributed by atoms with van der Waals surface area (Å²) in [6, 6.07) is 10.6. The zero-order valence-corrected chi connectivity index (χ0v) is 19.4. The number of sulfonamides is 1. The minimum atomic E-state index is -3.76. The van der Waals surface area contributed by atoms with E-state index in [1.165, 1.54) is 18.1 Å². The number of ether oxygens (including phenoxy) is 1. The highest BCUT2D eigenvalue weighted by Gasteiger charge is 2.35. The average Bonchev–Trinajstić information content (AvgIpc) is 3.21. The van der Waals surface area contributed by atoms with Crippen molar-refractivity contribution >= 4 is 38.6 Å². The number of thiophene rings is 2. The molecule has 0 saturated heterocycles. The van der Waals surface area contributed by atoms with Crippen LogP contribution in [0.4, 0.5) is 0 Å². The Bertz CT molecular complexity index is 1210. The third-order valence-corrected chi connectivity index (χ3v) is 9.10. The second kappa shape index (κ2) is 8.05. The summed E-state index contributed by atoms with van der Waals surface area (Å²) in [6.45, 7) is 0.587. The van der Waals surface area contributed by atoms with E-state index < -0.39 is 10.0 Å². The number of benzene rings is 1. The fourth-order valence-corrected chi connectivity index (χ4v) is 7.22. The quantitative estimate of drug-likeness (QED) is 0.585. The first kappa shape index (κ1) is 20.7. The second-order valence-corrected chi connectivity index (χ2v) is 11.4. The predicted molar refractivity (Wildman–Crippen MR) is 122 cm³/mol. The fourth-order valence-electron chi connectivity index (χ4n) is 3.96. The Labute approximate surface area is 189 Å². The van der Waals surface area contributed by atoms with E-state index in [1.54, 1.807) is 34.8 Å². The molecule has 5 rings (SSSR count). The Hall–Kier alpha value is -2.20. The highest BCUT2D eigenvalue weighted by molar-refractivity contribution is 7.89. The van der Waals surface area contributed by atoms with Crippen molar-refractivity contribution in [2.75, 3.05) is 13.7 Å². The van der Waals surface area contributed by atoms with Crippen LogP contribution in [0.1, 0.15) is 44.6 Å². The summed E-state index contributed by atoms with van der Waals surface area (Å²) in [5, 5.41) is 4.08. The molecule has 1 aromatic carbocycles. The van der Waals surface area contributed by atoms with Gasteiger partial charge in [-0.3, -0.25) is 4.79 Å². The summed E-state index contributed by atoms with van der Waals surface area (Å²) in [4.78, 5) is 17.9. The predicted octanol–water partition coefficient (Wildman–Crippen LogP) is 4.05. The van der Waals surface area contributed by atoms with E-state index >= 15 is 0 Å². The minimum absolute atomic E-state index is 0.00801. The zero-order valence-electron chi connectivity index (χ0n) is 16.9. The lowest BCUT2D eigenvalue weighted by atomic mass is 9.97. The number of carbonyl (C=O) groups is 1. The Morgan fingerprint density at radius 2 is 2.00 bits per heavy atom. The Kier molecular flexibility index (Phi) is 5.37. The van der Waals surface area contributed by atoms with Crippen LogP contribution in [0.3, 0.4) is 0 Å². The minimum Gasteiger partial charge on any atom is -0.495 e. The van der Waals surface area contributed by atoms with Gasteiger partial charge in [0.2, 0.25) is 10.0 Å². The van der Waals surface area contributed by atoms with Crippen LogP contribution in [0, 0.1) is 0 Å². The van der Waals surface area contributed by atoms with E-state index in [4.69, 9.17) is 4.74 Å². The van der Waals surface area contributed by atoms with Crippen LogP contribution in [0.5, 0.6) is 5.75 Å². The van der Waals surface area contributed by atoms with E-state index in [1.807, 2.05) is 22.4 Å². The molecule has 1 fully saturated rings. The van der Waals surface area contributed by atoms with Crippen LogP contribution in [0.2, 0.25) is 0 Å². The van der Waals surface area contributed by atoms with Gasteiger partial charge in [-0.05, 0) is 65.9 Å². The van der Waals surface area contributed by atoms with Gasteiger partial charge in [0.15, 0.2) is 0 Å². The van der Waals surface area contributed by atoms with Gasteiger partial charge in [0.1, 0.15) is 10.6 Å². The highest BCUT2D eigenvalue weighted by Crippen LogP contribution is 2.40. The number of methoxy groups -OCH3 is 1. The summed E-state index contributed by atoms with van der Waals surface area (Å²) < 4.78 is 33.7. The van der Waals surface area contributed by atoms with E-state index in [9.17, 15) is 13.2 Å². The molecule has 1 saturated carbocycles. The molecular formula is C22H22N2O4S3. The summed E-state index contributed by atoms with van der Waals surface area (Å²) >= 11 is 3.35. The van der Waals surface area contributed by atoms with Crippen LogP contribution in [0.25, 0.3) is 0 Å². The van der Waals surface area contributed by atoms with E-state index in [0.29, 0.717) is 12.1 Å². The zero-order chi connectivity index (χ0) is 21.6. The molecule has 1 N–H and O–H groups in total. The third-order valence-electron chi connectivity index (χ3n) is 5.64. The number of amides is 1. The summed E-state index contributed by atoms with van der Waals surface area (Å²) in [7, 11) is -2.33. The third kappa shape index (κ3) is 3.91. The van der Waals surface area contributed by atoms with Crippen LogP contribution in [-0.2, 0) is 16.4 Å². The topological polar surface area (TPSA) is 75.7 Å². The molecular weight excluding hydrogens is 452 g/mol. The van der Waals surface area contributed by atoms with Crippen LogP contribution < -0.4 is 9.46 Å². The molecule has 1 atom stereocenters. The molecule has 0 bridgehead atoms. The fraction of sp³-hybridized carbons (Fsp3) is 0.318. The maximum Gasteiger partial charge on any atom is 0.254 e. The van der Waals surface area contributed by atoms with Gasteiger partial charge in [-0.2, -0.15) is 0 Å². The van der Waals surface area contributed by atoms with Crippen molar-refractivity contribution in [3.05, 3.63) is 68.0 Å². The van der Waals surface area contributed by atoms with Crippen molar-refractivity contribution in [1.29, 1.82) is 0 Å². The number of nitrogens with one attached hydrogen (secondary N) is 1. The second-order valence-electron chi connectivity index (χ2n) is 7.73. The Morgan fingerprint density at radius 3 is 2.71 bits per heavy atom. The molecule has 3 heterocycles. The molecule has 1 aliphatic heterocycles. The maximum absolute atomic E-state index is 13.6. The van der Waals surface area contributed by atoms with Crippen LogP contribution in [0.15, 0.2) is 52.1 Å². The normalized spacial score (nSPS) is 18.6. The van der Waals surface area contributed by atoms with Crippen molar-refractivity contribution < 1.29 is 17.9 Å². The molecule has 0 radical (unpaired) electrons. The first-order valence-corrected chi connectivity index (χ1v) is 13.3. The van der Waals surface area contributed by atoms with Crippen molar-refractivity contribution in [3.63, 3.8) is 0 Å². The number of hydrogen-bond acceptors (Lipinski definition) is 6. The average molecular weight is 475 g/mol. The number of rotatable bonds is 6. The molecule has 2 aliphatic rings. The highest BCUT2D eigenvalue weighted by atomic mass is 32.2.